The van der Waals surface area contributed by atoms with Crippen LogP contribution in [0.25, 0.3) is 0 Å². The van der Waals surface area contributed by atoms with Crippen molar-refractivity contribution in [2.45, 2.75) is 40.7 Å². The molecular formula is C18H22N4O7S. The summed E-state index contributed by atoms with van der Waals surface area (Å²) in [5, 5.41) is 17.8. The van der Waals surface area contributed by atoms with Gasteiger partial charge >= 0.3 is 17.6 Å². The lowest BCUT2D eigenvalue weighted by Gasteiger charge is -2.10. The molecule has 0 aliphatic rings. The first-order valence-electron chi connectivity index (χ1n) is 9.00. The summed E-state index contributed by atoms with van der Waals surface area (Å²) >= 11 is 0.833. The summed E-state index contributed by atoms with van der Waals surface area (Å²) in [5.41, 5.74) is -0.381. The molecule has 0 bridgehead atoms. The van der Waals surface area contributed by atoms with Crippen molar-refractivity contribution in [2.75, 3.05) is 11.9 Å². The summed E-state index contributed by atoms with van der Waals surface area (Å²) < 4.78 is 11.3. The van der Waals surface area contributed by atoms with Gasteiger partial charge in [-0.05, 0) is 40.2 Å². The molecule has 2 rings (SSSR count). The van der Waals surface area contributed by atoms with E-state index in [1.165, 1.54) is 20.9 Å². The number of carbonyl (C=O) groups excluding carboxylic acids is 3. The number of rotatable bonds is 7. The number of nitro groups is 1. The molecule has 1 N–H and O–H groups in total. The van der Waals surface area contributed by atoms with Gasteiger partial charge in [0.2, 0.25) is 5.69 Å². The summed E-state index contributed by atoms with van der Waals surface area (Å²) in [6, 6.07) is 0. The minimum atomic E-state index is -0.847. The molecule has 0 atom stereocenters. The van der Waals surface area contributed by atoms with Crippen LogP contribution in [0.5, 0.6) is 0 Å². The number of nitrogens with one attached hydrogen (secondary N) is 1. The fourth-order valence-electron chi connectivity index (χ4n) is 2.79. The average molecular weight is 438 g/mol. The van der Waals surface area contributed by atoms with E-state index < -0.39 is 34.6 Å². The molecule has 0 saturated carbocycles. The highest BCUT2D eigenvalue weighted by molar-refractivity contribution is 7.18. The van der Waals surface area contributed by atoms with E-state index in [0.717, 1.165) is 16.0 Å². The lowest BCUT2D eigenvalue weighted by Crippen LogP contribution is -2.19. The van der Waals surface area contributed by atoms with Gasteiger partial charge in [0.1, 0.15) is 15.6 Å². The van der Waals surface area contributed by atoms with Crippen molar-refractivity contribution >= 4 is 39.9 Å². The van der Waals surface area contributed by atoms with Crippen molar-refractivity contribution < 1.29 is 28.8 Å². The summed E-state index contributed by atoms with van der Waals surface area (Å²) in [6.45, 7) is 8.03. The van der Waals surface area contributed by atoms with Gasteiger partial charge < -0.3 is 14.8 Å². The quantitative estimate of drug-likeness (QED) is 0.395. The van der Waals surface area contributed by atoms with Crippen molar-refractivity contribution in [3.05, 3.63) is 37.5 Å². The number of amides is 1. The van der Waals surface area contributed by atoms with Crippen molar-refractivity contribution in [3.63, 3.8) is 0 Å². The van der Waals surface area contributed by atoms with E-state index >= 15 is 0 Å². The van der Waals surface area contributed by atoms with Gasteiger partial charge in [-0.15, -0.1) is 11.3 Å². The van der Waals surface area contributed by atoms with Gasteiger partial charge in [-0.2, -0.15) is 5.10 Å². The lowest BCUT2D eigenvalue weighted by molar-refractivity contribution is -0.385. The molecule has 12 heteroatoms. The number of hydrogen-bond acceptors (Lipinski definition) is 9. The Morgan fingerprint density at radius 2 is 1.90 bits per heavy atom. The van der Waals surface area contributed by atoms with Crippen LogP contribution in [0.2, 0.25) is 0 Å². The normalized spacial score (nSPS) is 10.8. The molecule has 1 amide bonds. The largest absolute Gasteiger partial charge is 0.462 e. The minimum absolute atomic E-state index is 0.00773. The van der Waals surface area contributed by atoms with Crippen LogP contribution in [-0.2, 0) is 16.5 Å². The first-order chi connectivity index (χ1) is 14.0. The Kier molecular flexibility index (Phi) is 6.92. The fraction of sp³-hybridized carbons (Fsp3) is 0.444. The monoisotopic (exact) mass is 438 g/mol. The smallest absolute Gasteiger partial charge is 0.348 e. The van der Waals surface area contributed by atoms with Crippen LogP contribution < -0.4 is 5.32 Å². The highest BCUT2D eigenvalue weighted by Gasteiger charge is 2.32. The third kappa shape index (κ3) is 4.48. The molecule has 0 aliphatic heterocycles. The molecule has 2 aromatic heterocycles. The fourth-order valence-corrected chi connectivity index (χ4v) is 3.88. The molecule has 30 heavy (non-hydrogen) atoms. The second-order valence-corrected chi connectivity index (χ2v) is 7.57. The van der Waals surface area contributed by atoms with E-state index in [-0.39, 0.29) is 39.0 Å². The number of ether oxygens (including phenoxy) is 2. The summed E-state index contributed by atoms with van der Waals surface area (Å²) in [7, 11) is 1.40. The van der Waals surface area contributed by atoms with Crippen LogP contribution in [0.1, 0.15) is 62.5 Å². The maximum absolute atomic E-state index is 12.8. The van der Waals surface area contributed by atoms with E-state index in [1.54, 1.807) is 20.8 Å². The van der Waals surface area contributed by atoms with Gasteiger partial charge in [0.25, 0.3) is 5.91 Å². The number of aromatic nitrogens is 2. The lowest BCUT2D eigenvalue weighted by atomic mass is 10.1. The molecule has 11 nitrogen and oxygen atoms in total. The van der Waals surface area contributed by atoms with Gasteiger partial charge in [0, 0.05) is 7.05 Å². The number of thiophene rings is 1. The molecule has 0 spiro atoms. The first kappa shape index (κ1) is 23.0. The second kappa shape index (κ2) is 9.03. The van der Waals surface area contributed by atoms with E-state index in [2.05, 4.69) is 10.4 Å². The first-order valence-corrected chi connectivity index (χ1v) is 9.81. The summed E-state index contributed by atoms with van der Waals surface area (Å²) in [4.78, 5) is 48.5. The van der Waals surface area contributed by atoms with Crippen molar-refractivity contribution in [1.82, 2.24) is 9.78 Å². The van der Waals surface area contributed by atoms with Gasteiger partial charge in [-0.25, -0.2) is 9.59 Å². The van der Waals surface area contributed by atoms with Gasteiger partial charge in [0.15, 0.2) is 0 Å². The van der Waals surface area contributed by atoms with E-state index in [1.807, 2.05) is 0 Å². The molecule has 2 heterocycles. The Labute approximate surface area is 176 Å². The molecule has 0 aliphatic carbocycles. The van der Waals surface area contributed by atoms with E-state index in [9.17, 15) is 24.5 Å². The van der Waals surface area contributed by atoms with E-state index in [4.69, 9.17) is 9.47 Å². The molecule has 162 valence electrons. The zero-order chi connectivity index (χ0) is 22.7. The molecule has 0 aromatic carbocycles. The summed E-state index contributed by atoms with van der Waals surface area (Å²) in [6.07, 6.45) is -0.438. The molecule has 0 saturated heterocycles. The minimum Gasteiger partial charge on any atom is -0.462 e. The van der Waals surface area contributed by atoms with Crippen molar-refractivity contribution in [2.24, 2.45) is 7.05 Å². The van der Waals surface area contributed by atoms with Crippen LogP contribution in [0.15, 0.2) is 0 Å². The molecule has 0 unspecified atom stereocenters. The Morgan fingerprint density at radius 1 is 1.27 bits per heavy atom. The highest BCUT2D eigenvalue weighted by Crippen LogP contribution is 2.35. The second-order valence-electron chi connectivity index (χ2n) is 6.55. The number of esters is 2. The zero-order valence-corrected chi connectivity index (χ0v) is 18.2. The predicted molar refractivity (Wildman–Crippen MR) is 108 cm³/mol. The van der Waals surface area contributed by atoms with Crippen LogP contribution in [-0.4, -0.2) is 45.3 Å². The Bertz CT molecular complexity index is 1020. The summed E-state index contributed by atoms with van der Waals surface area (Å²) in [5.74, 6) is -2.23. The zero-order valence-electron chi connectivity index (χ0n) is 17.4. The van der Waals surface area contributed by atoms with E-state index in [0.29, 0.717) is 0 Å². The number of carbonyl (C=O) groups is 3. The number of anilines is 1. The maximum atomic E-state index is 12.8. The van der Waals surface area contributed by atoms with Gasteiger partial charge in [0.05, 0.1) is 23.2 Å². The van der Waals surface area contributed by atoms with Crippen molar-refractivity contribution in [3.8, 4) is 0 Å². The van der Waals surface area contributed by atoms with Crippen LogP contribution in [0.3, 0.4) is 0 Å². The third-order valence-electron chi connectivity index (χ3n) is 3.97. The Hall–Kier alpha value is -3.28. The number of hydrogen-bond donors (Lipinski definition) is 1. The SMILES string of the molecule is CCOC(=O)c1sc(NC(=O)c2c([N+](=O)[O-])c(C)nn2C)c(C(=O)OC(C)C)c1C. The standard InChI is InChI=1S/C18H22N4O7S/c1-7-28-18(25)14-9(4)11(17(24)29-8(2)3)16(30-14)19-15(23)13-12(22(26)27)10(5)20-21(13)6/h8H,7H2,1-6H3,(H,19,23). The van der Waals surface area contributed by atoms with Gasteiger partial charge in [-0.1, -0.05) is 0 Å². The van der Waals surface area contributed by atoms with Crippen molar-refractivity contribution in [1.29, 1.82) is 0 Å². The van der Waals surface area contributed by atoms with Crippen LogP contribution >= 0.6 is 11.3 Å². The molecule has 2 aromatic rings. The third-order valence-corrected chi connectivity index (χ3v) is 5.16. The highest BCUT2D eigenvalue weighted by atomic mass is 32.1. The maximum Gasteiger partial charge on any atom is 0.348 e. The van der Waals surface area contributed by atoms with Gasteiger partial charge in [-0.3, -0.25) is 19.6 Å². The Balaban J connectivity index is 2.54. The average Bonchev–Trinajstić information content (AvgIpc) is 3.10. The van der Waals surface area contributed by atoms with Crippen LogP contribution in [0, 0.1) is 24.0 Å². The molecule has 0 fully saturated rings. The number of nitrogens with zero attached hydrogens (tertiary/aromatic N) is 3. The van der Waals surface area contributed by atoms with Crippen LogP contribution in [0.4, 0.5) is 10.7 Å². The number of aryl methyl sites for hydroxylation is 2. The Morgan fingerprint density at radius 3 is 2.43 bits per heavy atom. The predicted octanol–water partition coefficient (Wildman–Crippen LogP) is 3.00. The topological polar surface area (TPSA) is 143 Å². The molecular weight excluding hydrogens is 416 g/mol. The molecule has 0 radical (unpaired) electrons.